The molecule has 5 heteroatoms. The van der Waals surface area contributed by atoms with Gasteiger partial charge in [-0.05, 0) is 13.6 Å². The van der Waals surface area contributed by atoms with E-state index >= 15 is 0 Å². The average Bonchev–Trinajstić information content (AvgIpc) is 2.18. The van der Waals surface area contributed by atoms with E-state index in [1.165, 1.54) is 0 Å². The summed E-state index contributed by atoms with van der Waals surface area (Å²) < 4.78 is 1.94. The molecule has 1 aliphatic heterocycles. The number of rotatable bonds is 3. The van der Waals surface area contributed by atoms with Crippen LogP contribution in [0.2, 0.25) is 0 Å². The first-order valence-corrected chi connectivity index (χ1v) is 5.32. The van der Waals surface area contributed by atoms with E-state index in [0.717, 1.165) is 36.5 Å². The molecule has 0 aromatic rings. The van der Waals surface area contributed by atoms with Crippen molar-refractivity contribution in [2.75, 3.05) is 19.1 Å². The summed E-state index contributed by atoms with van der Waals surface area (Å²) in [5.41, 5.74) is 3.05. The Kier molecular flexibility index (Phi) is 4.65. The first-order chi connectivity index (χ1) is 6.69. The van der Waals surface area contributed by atoms with Crippen molar-refractivity contribution in [3.63, 3.8) is 0 Å². The van der Waals surface area contributed by atoms with Crippen molar-refractivity contribution in [3.05, 3.63) is 11.3 Å². The quantitative estimate of drug-likeness (QED) is 0.343. The average molecular weight is 232 g/mol. The third-order valence-corrected chi connectivity index (χ3v) is 2.68. The van der Waals surface area contributed by atoms with Gasteiger partial charge in [0.15, 0.2) is 0 Å². The summed E-state index contributed by atoms with van der Waals surface area (Å²) >= 11 is 9.87. The molecule has 0 atom stereocenters. The standard InChI is InChI=1S/C9H14ClN3S/c1-7(12-6-10)8-5-13(14)4-3-9(8)11-2/h14H,2-6H2,1H3/b12-7-. The number of thiol groups is 1. The molecule has 0 saturated carbocycles. The fourth-order valence-corrected chi connectivity index (χ4v) is 1.84. The molecular weight excluding hydrogens is 218 g/mol. The minimum absolute atomic E-state index is 0.284. The normalized spacial score (nSPS) is 20.1. The van der Waals surface area contributed by atoms with Gasteiger partial charge in [-0.15, -0.1) is 11.6 Å². The molecular formula is C9H14ClN3S. The second-order valence-electron chi connectivity index (χ2n) is 3.08. The zero-order valence-electron chi connectivity index (χ0n) is 8.20. The molecule has 3 nitrogen and oxygen atoms in total. The first-order valence-electron chi connectivity index (χ1n) is 4.39. The Hall–Kier alpha value is -0.320. The van der Waals surface area contributed by atoms with Crippen molar-refractivity contribution in [3.8, 4) is 0 Å². The summed E-state index contributed by atoms with van der Waals surface area (Å²) in [4.78, 5) is 8.17. The molecule has 0 N–H and O–H groups in total. The number of halogens is 1. The summed E-state index contributed by atoms with van der Waals surface area (Å²) in [5.74, 6) is 0. The van der Waals surface area contributed by atoms with Crippen LogP contribution in [0.3, 0.4) is 0 Å². The van der Waals surface area contributed by atoms with E-state index in [1.807, 2.05) is 11.2 Å². The van der Waals surface area contributed by atoms with Gasteiger partial charge in [-0.1, -0.05) is 12.8 Å². The van der Waals surface area contributed by atoms with Crippen molar-refractivity contribution in [1.82, 2.24) is 4.31 Å². The number of nitrogens with zero attached hydrogens (tertiary/aromatic N) is 3. The smallest absolute Gasteiger partial charge is 0.113 e. The van der Waals surface area contributed by atoms with Crippen LogP contribution in [-0.4, -0.2) is 35.8 Å². The predicted molar refractivity (Wildman–Crippen MR) is 65.6 cm³/mol. The van der Waals surface area contributed by atoms with Crippen LogP contribution >= 0.6 is 24.4 Å². The monoisotopic (exact) mass is 231 g/mol. The van der Waals surface area contributed by atoms with Crippen LogP contribution in [0.25, 0.3) is 0 Å². The molecule has 14 heavy (non-hydrogen) atoms. The van der Waals surface area contributed by atoms with Crippen LogP contribution in [-0.2, 0) is 0 Å². The van der Waals surface area contributed by atoms with Gasteiger partial charge in [-0.2, -0.15) is 0 Å². The molecule has 0 unspecified atom stereocenters. The maximum Gasteiger partial charge on any atom is 0.113 e. The van der Waals surface area contributed by atoms with E-state index in [9.17, 15) is 0 Å². The van der Waals surface area contributed by atoms with Gasteiger partial charge in [-0.3, -0.25) is 9.98 Å². The van der Waals surface area contributed by atoms with Gasteiger partial charge in [0.05, 0.1) is 0 Å². The molecule has 0 saturated heterocycles. The lowest BCUT2D eigenvalue weighted by Gasteiger charge is -2.24. The largest absolute Gasteiger partial charge is 0.274 e. The van der Waals surface area contributed by atoms with Gasteiger partial charge in [0, 0.05) is 36.5 Å². The highest BCUT2D eigenvalue weighted by Crippen LogP contribution is 2.21. The van der Waals surface area contributed by atoms with Crippen molar-refractivity contribution in [2.45, 2.75) is 13.3 Å². The Labute approximate surface area is 95.1 Å². The highest BCUT2D eigenvalue weighted by atomic mass is 35.5. The molecule has 0 aromatic heterocycles. The minimum Gasteiger partial charge on any atom is -0.274 e. The van der Waals surface area contributed by atoms with E-state index in [-0.39, 0.29) is 6.00 Å². The van der Waals surface area contributed by atoms with Crippen molar-refractivity contribution in [2.24, 2.45) is 9.98 Å². The molecule has 0 fully saturated rings. The molecule has 0 radical (unpaired) electrons. The molecule has 0 aromatic carbocycles. The van der Waals surface area contributed by atoms with Gasteiger partial charge in [-0.25, -0.2) is 4.31 Å². The van der Waals surface area contributed by atoms with E-state index in [1.54, 1.807) is 0 Å². The Morgan fingerprint density at radius 2 is 2.43 bits per heavy atom. The Bertz CT molecular complexity index is 286. The molecule has 1 aliphatic rings. The Balaban J connectivity index is 2.94. The second kappa shape index (κ2) is 5.53. The molecule has 1 rings (SSSR count). The lowest BCUT2D eigenvalue weighted by molar-refractivity contribution is 0.495. The van der Waals surface area contributed by atoms with Crippen molar-refractivity contribution >= 4 is 36.8 Å². The van der Waals surface area contributed by atoms with Crippen LogP contribution in [0.1, 0.15) is 13.3 Å². The third-order valence-electron chi connectivity index (χ3n) is 2.22. The predicted octanol–water partition coefficient (Wildman–Crippen LogP) is 2.15. The van der Waals surface area contributed by atoms with Gasteiger partial charge >= 0.3 is 0 Å². The van der Waals surface area contributed by atoms with Crippen LogP contribution in [0.5, 0.6) is 0 Å². The van der Waals surface area contributed by atoms with Crippen molar-refractivity contribution in [1.29, 1.82) is 0 Å². The summed E-state index contributed by atoms with van der Waals surface area (Å²) in [6.45, 7) is 7.15. The summed E-state index contributed by atoms with van der Waals surface area (Å²) in [7, 11) is 0. The number of aliphatic imine (C=N–C) groups is 2. The highest BCUT2D eigenvalue weighted by molar-refractivity contribution is 7.77. The second-order valence-corrected chi connectivity index (χ2v) is 3.89. The fraction of sp³-hybridized carbons (Fsp3) is 0.556. The topological polar surface area (TPSA) is 28.0 Å². The molecule has 1 heterocycles. The Morgan fingerprint density at radius 1 is 1.71 bits per heavy atom. The fourth-order valence-electron chi connectivity index (χ4n) is 1.42. The SMILES string of the molecule is C=NC1=C(/C(C)=N\CCl)CN(S)CC1. The lowest BCUT2D eigenvalue weighted by atomic mass is 10.0. The molecule has 0 amide bonds. The lowest BCUT2D eigenvalue weighted by Crippen LogP contribution is -2.26. The van der Waals surface area contributed by atoms with E-state index in [4.69, 9.17) is 11.6 Å². The third kappa shape index (κ3) is 2.83. The van der Waals surface area contributed by atoms with Crippen LogP contribution in [0, 0.1) is 0 Å². The first kappa shape index (κ1) is 11.8. The van der Waals surface area contributed by atoms with Crippen LogP contribution in [0.15, 0.2) is 21.3 Å². The zero-order chi connectivity index (χ0) is 10.6. The minimum atomic E-state index is 0.284. The number of hydrogen-bond acceptors (Lipinski definition) is 4. The van der Waals surface area contributed by atoms with Crippen molar-refractivity contribution < 1.29 is 0 Å². The van der Waals surface area contributed by atoms with Gasteiger partial charge in [0.1, 0.15) is 6.00 Å². The van der Waals surface area contributed by atoms with Crippen LogP contribution in [0.4, 0.5) is 0 Å². The van der Waals surface area contributed by atoms with Gasteiger partial charge in [0.25, 0.3) is 0 Å². The van der Waals surface area contributed by atoms with Crippen LogP contribution < -0.4 is 0 Å². The number of hydrogen-bond donors (Lipinski definition) is 1. The van der Waals surface area contributed by atoms with E-state index in [0.29, 0.717) is 0 Å². The zero-order valence-corrected chi connectivity index (χ0v) is 9.85. The summed E-state index contributed by atoms with van der Waals surface area (Å²) in [6, 6.07) is 0.284. The van der Waals surface area contributed by atoms with Gasteiger partial charge < -0.3 is 0 Å². The molecule has 0 aliphatic carbocycles. The summed E-state index contributed by atoms with van der Waals surface area (Å²) in [6.07, 6.45) is 0.872. The van der Waals surface area contributed by atoms with Gasteiger partial charge in [0.2, 0.25) is 0 Å². The maximum atomic E-state index is 5.55. The molecule has 0 spiro atoms. The Morgan fingerprint density at radius 3 is 3.00 bits per heavy atom. The maximum absolute atomic E-state index is 5.55. The molecule has 0 bridgehead atoms. The summed E-state index contributed by atoms with van der Waals surface area (Å²) in [5, 5.41) is 0. The van der Waals surface area contributed by atoms with E-state index in [2.05, 4.69) is 29.5 Å². The number of alkyl halides is 1. The molecule has 78 valence electrons. The highest BCUT2D eigenvalue weighted by Gasteiger charge is 2.17. The van der Waals surface area contributed by atoms with E-state index < -0.39 is 0 Å².